The maximum atomic E-state index is 12.9. The standard InChI is InChI=1S/C13H17FN2O4/c1-16(7-5-12(17)18)13(19)15-6-8-20-11-4-2-3-10(14)9-11/h2-4,9H,5-8H2,1H3,(H,15,19)(H,17,18). The second kappa shape index (κ2) is 7.98. The molecular formula is C13H17FN2O4. The van der Waals surface area contributed by atoms with Crippen molar-refractivity contribution < 1.29 is 23.8 Å². The Morgan fingerprint density at radius 1 is 1.45 bits per heavy atom. The van der Waals surface area contributed by atoms with Gasteiger partial charge < -0.3 is 20.1 Å². The minimum absolute atomic E-state index is 0.107. The number of benzene rings is 1. The lowest BCUT2D eigenvalue weighted by Gasteiger charge is -2.17. The number of carboxylic acids is 1. The third-order valence-corrected chi connectivity index (χ3v) is 2.45. The monoisotopic (exact) mass is 284 g/mol. The van der Waals surface area contributed by atoms with E-state index in [-0.39, 0.29) is 38.0 Å². The minimum atomic E-state index is -0.959. The normalized spacial score (nSPS) is 9.90. The summed E-state index contributed by atoms with van der Waals surface area (Å²) >= 11 is 0. The molecule has 0 aromatic heterocycles. The van der Waals surface area contributed by atoms with Gasteiger partial charge in [-0.15, -0.1) is 0 Å². The number of hydrogen-bond acceptors (Lipinski definition) is 3. The molecule has 0 saturated heterocycles. The van der Waals surface area contributed by atoms with Gasteiger partial charge in [0.05, 0.1) is 13.0 Å². The summed E-state index contributed by atoms with van der Waals surface area (Å²) in [7, 11) is 1.51. The van der Waals surface area contributed by atoms with Crippen molar-refractivity contribution in [2.24, 2.45) is 0 Å². The summed E-state index contributed by atoms with van der Waals surface area (Å²) < 4.78 is 18.1. The number of carbonyl (C=O) groups is 2. The van der Waals surface area contributed by atoms with Crippen LogP contribution in [0.3, 0.4) is 0 Å². The summed E-state index contributed by atoms with van der Waals surface area (Å²) in [4.78, 5) is 23.2. The molecule has 110 valence electrons. The van der Waals surface area contributed by atoms with E-state index in [2.05, 4.69) is 5.32 Å². The van der Waals surface area contributed by atoms with Crippen molar-refractivity contribution in [3.8, 4) is 5.75 Å². The zero-order chi connectivity index (χ0) is 15.0. The Morgan fingerprint density at radius 2 is 2.20 bits per heavy atom. The Balaban J connectivity index is 2.20. The number of carbonyl (C=O) groups excluding carboxylic acids is 1. The van der Waals surface area contributed by atoms with Gasteiger partial charge in [0.2, 0.25) is 0 Å². The third kappa shape index (κ3) is 6.03. The lowest BCUT2D eigenvalue weighted by Crippen LogP contribution is -2.40. The fraction of sp³-hybridized carbons (Fsp3) is 0.385. The van der Waals surface area contributed by atoms with Crippen LogP contribution < -0.4 is 10.1 Å². The highest BCUT2D eigenvalue weighted by atomic mass is 19.1. The fourth-order valence-corrected chi connectivity index (χ4v) is 1.38. The maximum Gasteiger partial charge on any atom is 0.317 e. The van der Waals surface area contributed by atoms with E-state index in [0.717, 1.165) is 0 Å². The molecule has 0 aliphatic rings. The van der Waals surface area contributed by atoms with Crippen LogP contribution in [0.15, 0.2) is 24.3 Å². The molecule has 0 bridgehead atoms. The Kier molecular flexibility index (Phi) is 6.28. The van der Waals surface area contributed by atoms with Gasteiger partial charge in [0, 0.05) is 19.7 Å². The zero-order valence-corrected chi connectivity index (χ0v) is 11.1. The van der Waals surface area contributed by atoms with Crippen molar-refractivity contribution in [3.05, 3.63) is 30.1 Å². The Labute approximate surface area is 116 Å². The molecule has 0 heterocycles. The first kappa shape index (κ1) is 15.7. The molecule has 6 nitrogen and oxygen atoms in total. The molecule has 0 aliphatic carbocycles. The average molecular weight is 284 g/mol. The molecule has 0 aliphatic heterocycles. The summed E-state index contributed by atoms with van der Waals surface area (Å²) in [6.07, 6.45) is -0.107. The minimum Gasteiger partial charge on any atom is -0.492 e. The third-order valence-electron chi connectivity index (χ3n) is 2.45. The second-order valence-electron chi connectivity index (χ2n) is 4.10. The highest BCUT2D eigenvalue weighted by molar-refractivity contribution is 5.74. The topological polar surface area (TPSA) is 78.9 Å². The summed E-state index contributed by atoms with van der Waals surface area (Å²) in [5.41, 5.74) is 0. The quantitative estimate of drug-likeness (QED) is 0.740. The van der Waals surface area contributed by atoms with Crippen LogP contribution in [0.4, 0.5) is 9.18 Å². The predicted octanol–water partition coefficient (Wildman–Crippen LogP) is 1.32. The lowest BCUT2D eigenvalue weighted by atomic mass is 10.3. The molecule has 0 fully saturated rings. The van der Waals surface area contributed by atoms with Crippen LogP contribution in [0, 0.1) is 5.82 Å². The molecule has 1 rings (SSSR count). The van der Waals surface area contributed by atoms with E-state index < -0.39 is 5.97 Å². The molecule has 0 unspecified atom stereocenters. The van der Waals surface area contributed by atoms with Crippen LogP contribution >= 0.6 is 0 Å². The van der Waals surface area contributed by atoms with Crippen LogP contribution in [-0.4, -0.2) is 48.8 Å². The van der Waals surface area contributed by atoms with Gasteiger partial charge in [-0.2, -0.15) is 0 Å². The van der Waals surface area contributed by atoms with Gasteiger partial charge in [-0.1, -0.05) is 6.07 Å². The number of urea groups is 1. The average Bonchev–Trinajstić information content (AvgIpc) is 2.40. The van der Waals surface area contributed by atoms with Gasteiger partial charge >= 0.3 is 12.0 Å². The Morgan fingerprint density at radius 3 is 2.85 bits per heavy atom. The molecule has 2 amide bonds. The van der Waals surface area contributed by atoms with Gasteiger partial charge in [-0.05, 0) is 12.1 Å². The van der Waals surface area contributed by atoms with E-state index >= 15 is 0 Å². The van der Waals surface area contributed by atoms with Gasteiger partial charge in [0.15, 0.2) is 0 Å². The lowest BCUT2D eigenvalue weighted by molar-refractivity contribution is -0.137. The number of amides is 2. The predicted molar refractivity (Wildman–Crippen MR) is 70.2 cm³/mol. The molecule has 20 heavy (non-hydrogen) atoms. The first-order valence-corrected chi connectivity index (χ1v) is 6.08. The number of nitrogens with one attached hydrogen (secondary N) is 1. The fourth-order valence-electron chi connectivity index (χ4n) is 1.38. The molecule has 2 N–H and O–H groups in total. The van der Waals surface area contributed by atoms with Crippen molar-refractivity contribution in [1.29, 1.82) is 0 Å². The number of nitrogens with zero attached hydrogens (tertiary/aromatic N) is 1. The molecule has 0 spiro atoms. The number of halogens is 1. The number of hydrogen-bond donors (Lipinski definition) is 2. The molecular weight excluding hydrogens is 267 g/mol. The zero-order valence-electron chi connectivity index (χ0n) is 11.1. The molecule has 0 radical (unpaired) electrons. The van der Waals surface area contributed by atoms with E-state index in [1.807, 2.05) is 0 Å². The van der Waals surface area contributed by atoms with Crippen molar-refractivity contribution in [1.82, 2.24) is 10.2 Å². The highest BCUT2D eigenvalue weighted by Gasteiger charge is 2.09. The van der Waals surface area contributed by atoms with Crippen molar-refractivity contribution in [2.45, 2.75) is 6.42 Å². The van der Waals surface area contributed by atoms with Gasteiger partial charge in [0.1, 0.15) is 18.2 Å². The van der Waals surface area contributed by atoms with E-state index in [4.69, 9.17) is 9.84 Å². The van der Waals surface area contributed by atoms with E-state index in [9.17, 15) is 14.0 Å². The second-order valence-corrected chi connectivity index (χ2v) is 4.10. The SMILES string of the molecule is CN(CCC(=O)O)C(=O)NCCOc1cccc(F)c1. The maximum absolute atomic E-state index is 12.9. The summed E-state index contributed by atoms with van der Waals surface area (Å²) in [5.74, 6) is -0.961. The number of ether oxygens (including phenoxy) is 1. The van der Waals surface area contributed by atoms with Gasteiger partial charge in [0.25, 0.3) is 0 Å². The Hall–Kier alpha value is -2.31. The van der Waals surface area contributed by atoms with Gasteiger partial charge in [-0.25, -0.2) is 9.18 Å². The smallest absolute Gasteiger partial charge is 0.317 e. The van der Waals surface area contributed by atoms with Crippen LogP contribution in [-0.2, 0) is 4.79 Å². The van der Waals surface area contributed by atoms with Crippen LogP contribution in [0.5, 0.6) is 5.75 Å². The first-order valence-electron chi connectivity index (χ1n) is 6.08. The van der Waals surface area contributed by atoms with E-state index in [1.165, 1.54) is 30.1 Å². The van der Waals surface area contributed by atoms with Crippen molar-refractivity contribution in [2.75, 3.05) is 26.7 Å². The Bertz CT molecular complexity index is 467. The van der Waals surface area contributed by atoms with Crippen LogP contribution in [0.1, 0.15) is 6.42 Å². The highest BCUT2D eigenvalue weighted by Crippen LogP contribution is 2.11. The number of rotatable bonds is 7. The number of aliphatic carboxylic acids is 1. The van der Waals surface area contributed by atoms with Gasteiger partial charge in [-0.3, -0.25) is 4.79 Å². The summed E-state index contributed by atoms with van der Waals surface area (Å²) in [6, 6.07) is 5.33. The molecule has 0 saturated carbocycles. The summed E-state index contributed by atoms with van der Waals surface area (Å²) in [5, 5.41) is 11.1. The molecule has 0 atom stereocenters. The van der Waals surface area contributed by atoms with Crippen LogP contribution in [0.25, 0.3) is 0 Å². The van der Waals surface area contributed by atoms with Crippen LogP contribution in [0.2, 0.25) is 0 Å². The van der Waals surface area contributed by atoms with E-state index in [0.29, 0.717) is 5.75 Å². The van der Waals surface area contributed by atoms with Crippen molar-refractivity contribution >= 4 is 12.0 Å². The molecule has 1 aromatic rings. The van der Waals surface area contributed by atoms with E-state index in [1.54, 1.807) is 6.07 Å². The first-order chi connectivity index (χ1) is 9.49. The largest absolute Gasteiger partial charge is 0.492 e. The summed E-state index contributed by atoms with van der Waals surface area (Å²) in [6.45, 7) is 0.570. The molecule has 7 heteroatoms. The number of carboxylic acid groups (broad SMARTS) is 1. The molecule has 1 aromatic carbocycles. The van der Waals surface area contributed by atoms with Crippen molar-refractivity contribution in [3.63, 3.8) is 0 Å².